The number of aromatic amines is 1. The van der Waals surface area contributed by atoms with Gasteiger partial charge in [-0.05, 0) is 6.07 Å². The number of hydrogen-bond acceptors (Lipinski definition) is 4. The third-order valence-electron chi connectivity index (χ3n) is 2.14. The Balaban J connectivity index is 1.87. The number of H-pyrrole nitrogens is 1. The van der Waals surface area contributed by atoms with Crippen LogP contribution < -0.4 is 10.9 Å². The highest BCUT2D eigenvalue weighted by Crippen LogP contribution is 1.92. The first-order valence-electron chi connectivity index (χ1n) is 5.07. The van der Waals surface area contributed by atoms with Crippen molar-refractivity contribution in [2.75, 3.05) is 6.54 Å². The summed E-state index contributed by atoms with van der Waals surface area (Å²) in [5.41, 5.74) is 0.0428. The molecule has 2 heterocycles. The lowest BCUT2D eigenvalue weighted by molar-refractivity contribution is 0.0951. The Hall–Kier alpha value is -2.44. The molecular weight excluding hydrogens is 222 g/mol. The molecule has 7 nitrogen and oxygen atoms in total. The average Bonchev–Trinajstić information content (AvgIpc) is 2.82. The van der Waals surface area contributed by atoms with E-state index in [9.17, 15) is 9.59 Å². The number of rotatable bonds is 4. The van der Waals surface area contributed by atoms with Crippen molar-refractivity contribution in [3.05, 3.63) is 46.6 Å². The zero-order valence-corrected chi connectivity index (χ0v) is 8.96. The number of nitrogens with one attached hydrogen (secondary N) is 2. The second kappa shape index (κ2) is 5.06. The third-order valence-corrected chi connectivity index (χ3v) is 2.14. The quantitative estimate of drug-likeness (QED) is 0.737. The second-order valence-electron chi connectivity index (χ2n) is 3.36. The molecule has 0 radical (unpaired) electrons. The Morgan fingerprint density at radius 3 is 3.12 bits per heavy atom. The Morgan fingerprint density at radius 1 is 1.53 bits per heavy atom. The van der Waals surface area contributed by atoms with E-state index in [1.807, 2.05) is 0 Å². The van der Waals surface area contributed by atoms with Crippen LogP contribution in [0.15, 0.2) is 35.5 Å². The zero-order valence-electron chi connectivity index (χ0n) is 8.96. The van der Waals surface area contributed by atoms with E-state index in [1.54, 1.807) is 23.1 Å². The summed E-state index contributed by atoms with van der Waals surface area (Å²) < 4.78 is 1.61. The van der Waals surface area contributed by atoms with Crippen LogP contribution in [0.25, 0.3) is 0 Å². The fourth-order valence-corrected chi connectivity index (χ4v) is 1.32. The standard InChI is InChI=1S/C10H11N5O2/c16-9-7-8(1-2-11-9)10(17)12-3-5-15-6-4-13-14-15/h1-2,4,6-7H,3,5H2,(H,11,16)(H,12,17). The minimum atomic E-state index is -0.297. The van der Waals surface area contributed by atoms with Crippen molar-refractivity contribution in [3.8, 4) is 0 Å². The topological polar surface area (TPSA) is 92.7 Å². The number of aromatic nitrogens is 4. The maximum absolute atomic E-state index is 11.6. The van der Waals surface area contributed by atoms with Gasteiger partial charge in [0.1, 0.15) is 0 Å². The van der Waals surface area contributed by atoms with Crippen molar-refractivity contribution in [3.63, 3.8) is 0 Å². The van der Waals surface area contributed by atoms with Gasteiger partial charge in [0.05, 0.1) is 12.7 Å². The maximum atomic E-state index is 11.6. The van der Waals surface area contributed by atoms with Gasteiger partial charge in [0.2, 0.25) is 5.56 Å². The molecule has 7 heteroatoms. The molecule has 0 saturated heterocycles. The van der Waals surface area contributed by atoms with Crippen molar-refractivity contribution >= 4 is 5.91 Å². The highest BCUT2D eigenvalue weighted by Gasteiger charge is 2.04. The summed E-state index contributed by atoms with van der Waals surface area (Å²) >= 11 is 0. The van der Waals surface area contributed by atoms with Crippen LogP contribution in [-0.2, 0) is 6.54 Å². The molecule has 0 spiro atoms. The van der Waals surface area contributed by atoms with E-state index >= 15 is 0 Å². The summed E-state index contributed by atoms with van der Waals surface area (Å²) in [7, 11) is 0. The van der Waals surface area contributed by atoms with Crippen LogP contribution >= 0.6 is 0 Å². The molecule has 0 aromatic carbocycles. The lowest BCUT2D eigenvalue weighted by atomic mass is 10.2. The number of carbonyl (C=O) groups excluding carboxylic acids is 1. The molecule has 0 atom stereocenters. The Morgan fingerprint density at radius 2 is 2.41 bits per heavy atom. The summed E-state index contributed by atoms with van der Waals surface area (Å²) in [5, 5.41) is 10.1. The van der Waals surface area contributed by atoms with Crippen LogP contribution in [0, 0.1) is 0 Å². The van der Waals surface area contributed by atoms with Gasteiger partial charge in [-0.3, -0.25) is 14.3 Å². The Kier molecular flexibility index (Phi) is 3.29. The Labute approximate surface area is 96.5 Å². The third kappa shape index (κ3) is 3.00. The first-order valence-corrected chi connectivity index (χ1v) is 5.07. The molecule has 2 rings (SSSR count). The van der Waals surface area contributed by atoms with E-state index < -0.39 is 0 Å². The molecule has 0 fully saturated rings. The van der Waals surface area contributed by atoms with Crippen LogP contribution in [0.4, 0.5) is 0 Å². The monoisotopic (exact) mass is 233 g/mol. The van der Waals surface area contributed by atoms with Gasteiger partial charge in [0.25, 0.3) is 5.91 Å². The summed E-state index contributed by atoms with van der Waals surface area (Å²) in [6.07, 6.45) is 4.71. The molecule has 1 amide bonds. The first kappa shape index (κ1) is 11.1. The van der Waals surface area contributed by atoms with Crippen LogP contribution in [0.5, 0.6) is 0 Å². The van der Waals surface area contributed by atoms with Crippen molar-refractivity contribution in [2.45, 2.75) is 6.54 Å². The fourth-order valence-electron chi connectivity index (χ4n) is 1.32. The van der Waals surface area contributed by atoms with Gasteiger partial charge in [0, 0.05) is 30.6 Å². The molecule has 2 N–H and O–H groups in total. The molecule has 0 saturated carbocycles. The van der Waals surface area contributed by atoms with Crippen LogP contribution in [0.3, 0.4) is 0 Å². The second-order valence-corrected chi connectivity index (χ2v) is 3.36. The highest BCUT2D eigenvalue weighted by molar-refractivity contribution is 5.93. The lowest BCUT2D eigenvalue weighted by Crippen LogP contribution is -2.28. The number of hydrogen-bond donors (Lipinski definition) is 2. The van der Waals surface area contributed by atoms with Gasteiger partial charge >= 0.3 is 0 Å². The van der Waals surface area contributed by atoms with E-state index in [2.05, 4.69) is 20.6 Å². The zero-order chi connectivity index (χ0) is 12.1. The normalized spacial score (nSPS) is 10.1. The van der Waals surface area contributed by atoms with E-state index in [4.69, 9.17) is 0 Å². The predicted molar refractivity (Wildman–Crippen MR) is 59.4 cm³/mol. The van der Waals surface area contributed by atoms with E-state index in [0.717, 1.165) is 0 Å². The number of amides is 1. The van der Waals surface area contributed by atoms with Gasteiger partial charge in [-0.25, -0.2) is 0 Å². The molecule has 17 heavy (non-hydrogen) atoms. The number of carbonyl (C=O) groups is 1. The van der Waals surface area contributed by atoms with E-state index in [1.165, 1.54) is 12.3 Å². The average molecular weight is 233 g/mol. The van der Waals surface area contributed by atoms with Crippen LogP contribution in [0.1, 0.15) is 10.4 Å². The van der Waals surface area contributed by atoms with Gasteiger partial charge in [-0.2, -0.15) is 0 Å². The van der Waals surface area contributed by atoms with Crippen LogP contribution in [0.2, 0.25) is 0 Å². The van der Waals surface area contributed by atoms with E-state index in [-0.39, 0.29) is 11.5 Å². The largest absolute Gasteiger partial charge is 0.350 e. The number of nitrogens with zero attached hydrogens (tertiary/aromatic N) is 3. The van der Waals surface area contributed by atoms with Gasteiger partial charge < -0.3 is 10.3 Å². The summed E-state index contributed by atoms with van der Waals surface area (Å²) in [4.78, 5) is 25.1. The van der Waals surface area contributed by atoms with Crippen LogP contribution in [-0.4, -0.2) is 32.4 Å². The van der Waals surface area contributed by atoms with Gasteiger partial charge in [-0.15, -0.1) is 5.10 Å². The molecule has 88 valence electrons. The Bertz CT molecular complexity index is 546. The lowest BCUT2D eigenvalue weighted by Gasteiger charge is -2.04. The van der Waals surface area contributed by atoms with Crippen molar-refractivity contribution in [2.24, 2.45) is 0 Å². The number of pyridine rings is 1. The first-order chi connectivity index (χ1) is 8.25. The van der Waals surface area contributed by atoms with Gasteiger partial charge in [0.15, 0.2) is 0 Å². The summed E-state index contributed by atoms with van der Waals surface area (Å²) in [6.45, 7) is 0.962. The molecule has 0 aliphatic heterocycles. The minimum absolute atomic E-state index is 0.281. The van der Waals surface area contributed by atoms with E-state index in [0.29, 0.717) is 18.7 Å². The summed E-state index contributed by atoms with van der Waals surface area (Å²) in [6, 6.07) is 2.80. The highest BCUT2D eigenvalue weighted by atomic mass is 16.2. The predicted octanol–water partition coefficient (Wildman–Crippen LogP) is -0.604. The van der Waals surface area contributed by atoms with Crippen molar-refractivity contribution < 1.29 is 4.79 Å². The molecular formula is C10H11N5O2. The molecule has 0 bridgehead atoms. The molecule has 2 aromatic rings. The van der Waals surface area contributed by atoms with Gasteiger partial charge in [-0.1, -0.05) is 5.21 Å². The van der Waals surface area contributed by atoms with Crippen molar-refractivity contribution in [1.29, 1.82) is 0 Å². The molecule has 0 aliphatic carbocycles. The maximum Gasteiger partial charge on any atom is 0.251 e. The SMILES string of the molecule is O=C(NCCn1ccnn1)c1cc[nH]c(=O)c1. The summed E-state index contributed by atoms with van der Waals surface area (Å²) in [5.74, 6) is -0.281. The van der Waals surface area contributed by atoms with Crippen molar-refractivity contribution in [1.82, 2.24) is 25.3 Å². The molecule has 0 aliphatic rings. The fraction of sp³-hybridized carbons (Fsp3) is 0.200. The smallest absolute Gasteiger partial charge is 0.251 e. The minimum Gasteiger partial charge on any atom is -0.350 e. The molecule has 2 aromatic heterocycles. The molecule has 0 unspecified atom stereocenters.